The van der Waals surface area contributed by atoms with Crippen molar-refractivity contribution >= 4 is 28.7 Å². The number of hydrogen-bond acceptors (Lipinski definition) is 5. The van der Waals surface area contributed by atoms with Crippen molar-refractivity contribution in [2.75, 3.05) is 20.3 Å². The van der Waals surface area contributed by atoms with E-state index in [4.69, 9.17) is 4.74 Å². The number of H-pyrrole nitrogens is 1. The minimum absolute atomic E-state index is 0.137. The maximum atomic E-state index is 12.1. The summed E-state index contributed by atoms with van der Waals surface area (Å²) < 4.78 is 9.24. The van der Waals surface area contributed by atoms with Gasteiger partial charge in [0.15, 0.2) is 0 Å². The van der Waals surface area contributed by atoms with Crippen LogP contribution in [-0.2, 0) is 19.1 Å². The van der Waals surface area contributed by atoms with Crippen molar-refractivity contribution in [1.82, 2.24) is 10.3 Å². The Labute approximate surface area is 138 Å². The number of amides is 1. The van der Waals surface area contributed by atoms with Crippen molar-refractivity contribution in [3.8, 4) is 0 Å². The van der Waals surface area contributed by atoms with Gasteiger partial charge in [0.05, 0.1) is 19.3 Å². The summed E-state index contributed by atoms with van der Waals surface area (Å²) in [6, 6.07) is 7.53. The van der Waals surface area contributed by atoms with E-state index in [0.29, 0.717) is 18.5 Å². The quantitative estimate of drug-likeness (QED) is 0.456. The van der Waals surface area contributed by atoms with Gasteiger partial charge in [0.1, 0.15) is 0 Å². The number of para-hydroxylation sites is 1. The Kier molecular flexibility index (Phi) is 6.13. The number of benzene rings is 1. The molecule has 1 heterocycles. The standard InChI is InChI=1S/C17H18N2O5/c1-23-15(20)7-8-16(21)24-10-4-9-18-17(22)13-11-19-14-6-3-2-5-12(13)14/h2-3,5-8,11,19H,4,9-10H2,1H3,(H,18,22)/b8-7+. The number of aromatic amines is 1. The number of rotatable bonds is 7. The number of carbonyl (C=O) groups is 3. The molecule has 0 aliphatic rings. The summed E-state index contributed by atoms with van der Waals surface area (Å²) in [5.74, 6) is -1.45. The lowest BCUT2D eigenvalue weighted by Gasteiger charge is -2.05. The van der Waals surface area contributed by atoms with Crippen LogP contribution < -0.4 is 5.32 Å². The van der Waals surface area contributed by atoms with Gasteiger partial charge >= 0.3 is 11.9 Å². The molecule has 7 heteroatoms. The lowest BCUT2D eigenvalue weighted by Crippen LogP contribution is -2.25. The molecule has 2 rings (SSSR count). The third-order valence-electron chi connectivity index (χ3n) is 3.24. The Morgan fingerprint density at radius 2 is 1.92 bits per heavy atom. The van der Waals surface area contributed by atoms with E-state index in [0.717, 1.165) is 23.1 Å². The second-order valence-corrected chi connectivity index (χ2v) is 4.88. The van der Waals surface area contributed by atoms with Gasteiger partial charge in [0.2, 0.25) is 0 Å². The average molecular weight is 330 g/mol. The van der Waals surface area contributed by atoms with Gasteiger partial charge in [0.25, 0.3) is 5.91 Å². The van der Waals surface area contributed by atoms with Crippen LogP contribution >= 0.6 is 0 Å². The zero-order valence-corrected chi connectivity index (χ0v) is 13.2. The smallest absolute Gasteiger partial charge is 0.331 e. The van der Waals surface area contributed by atoms with E-state index < -0.39 is 11.9 Å². The summed E-state index contributed by atoms with van der Waals surface area (Å²) in [4.78, 5) is 37.3. The van der Waals surface area contributed by atoms with E-state index in [1.54, 1.807) is 6.20 Å². The average Bonchev–Trinajstić information content (AvgIpc) is 3.03. The van der Waals surface area contributed by atoms with Gasteiger partial charge in [-0.25, -0.2) is 9.59 Å². The van der Waals surface area contributed by atoms with Gasteiger partial charge in [-0.15, -0.1) is 0 Å². The molecule has 0 atom stereocenters. The molecule has 0 aliphatic heterocycles. The highest BCUT2D eigenvalue weighted by Crippen LogP contribution is 2.17. The SMILES string of the molecule is COC(=O)/C=C/C(=O)OCCCNC(=O)c1c[nH]c2ccccc12. The second kappa shape index (κ2) is 8.52. The summed E-state index contributed by atoms with van der Waals surface area (Å²) in [7, 11) is 1.22. The Morgan fingerprint density at radius 3 is 2.71 bits per heavy atom. The van der Waals surface area contributed by atoms with Crippen molar-refractivity contribution in [2.45, 2.75) is 6.42 Å². The van der Waals surface area contributed by atoms with Crippen LogP contribution in [0.15, 0.2) is 42.6 Å². The first-order chi connectivity index (χ1) is 11.6. The third-order valence-corrected chi connectivity index (χ3v) is 3.24. The summed E-state index contributed by atoms with van der Waals surface area (Å²) >= 11 is 0. The first-order valence-electron chi connectivity index (χ1n) is 7.39. The Morgan fingerprint density at radius 1 is 1.17 bits per heavy atom. The molecule has 0 aliphatic carbocycles. The van der Waals surface area contributed by atoms with Gasteiger partial charge in [0, 0.05) is 35.8 Å². The van der Waals surface area contributed by atoms with Crippen LogP contribution in [0.3, 0.4) is 0 Å². The van der Waals surface area contributed by atoms with Crippen LogP contribution in [0.2, 0.25) is 0 Å². The summed E-state index contributed by atoms with van der Waals surface area (Å²) in [6.07, 6.45) is 4.11. The fourth-order valence-corrected chi connectivity index (χ4v) is 2.05. The number of carbonyl (C=O) groups excluding carboxylic acids is 3. The Balaban J connectivity index is 1.71. The molecular weight excluding hydrogens is 312 g/mol. The zero-order chi connectivity index (χ0) is 17.4. The van der Waals surface area contributed by atoms with E-state index in [1.165, 1.54) is 7.11 Å². The number of fused-ring (bicyclic) bond motifs is 1. The van der Waals surface area contributed by atoms with Crippen LogP contribution in [0, 0.1) is 0 Å². The second-order valence-electron chi connectivity index (χ2n) is 4.88. The lowest BCUT2D eigenvalue weighted by atomic mass is 10.1. The molecule has 2 N–H and O–H groups in total. The summed E-state index contributed by atoms with van der Waals surface area (Å²) in [6.45, 7) is 0.505. The molecule has 1 aromatic carbocycles. The van der Waals surface area contributed by atoms with Crippen LogP contribution in [0.4, 0.5) is 0 Å². The van der Waals surface area contributed by atoms with Gasteiger partial charge in [-0.3, -0.25) is 4.79 Å². The maximum Gasteiger partial charge on any atom is 0.331 e. The molecule has 0 spiro atoms. The van der Waals surface area contributed by atoms with Crippen LogP contribution in [-0.4, -0.2) is 43.1 Å². The van der Waals surface area contributed by atoms with E-state index in [2.05, 4.69) is 15.0 Å². The normalized spacial score (nSPS) is 10.7. The molecule has 126 valence electrons. The van der Waals surface area contributed by atoms with Crippen molar-refractivity contribution in [3.63, 3.8) is 0 Å². The van der Waals surface area contributed by atoms with Gasteiger partial charge in [-0.2, -0.15) is 0 Å². The van der Waals surface area contributed by atoms with Crippen molar-refractivity contribution < 1.29 is 23.9 Å². The van der Waals surface area contributed by atoms with Gasteiger partial charge < -0.3 is 19.8 Å². The number of ether oxygens (including phenoxy) is 2. The van der Waals surface area contributed by atoms with Crippen LogP contribution in [0.5, 0.6) is 0 Å². The lowest BCUT2D eigenvalue weighted by molar-refractivity contribution is -0.139. The third kappa shape index (κ3) is 4.70. The highest BCUT2D eigenvalue weighted by atomic mass is 16.5. The molecule has 0 fully saturated rings. The monoisotopic (exact) mass is 330 g/mol. The predicted molar refractivity (Wildman–Crippen MR) is 87.4 cm³/mol. The molecule has 2 aromatic rings. The van der Waals surface area contributed by atoms with E-state index in [9.17, 15) is 14.4 Å². The number of aromatic nitrogens is 1. The molecule has 1 aromatic heterocycles. The van der Waals surface area contributed by atoms with Gasteiger partial charge in [-0.1, -0.05) is 18.2 Å². The predicted octanol–water partition coefficient (Wildman–Crippen LogP) is 1.56. The number of nitrogens with one attached hydrogen (secondary N) is 2. The highest BCUT2D eigenvalue weighted by Gasteiger charge is 2.10. The summed E-state index contributed by atoms with van der Waals surface area (Å²) in [5, 5.41) is 3.62. The molecule has 0 saturated heterocycles. The molecule has 0 bridgehead atoms. The van der Waals surface area contributed by atoms with Gasteiger partial charge in [-0.05, 0) is 12.5 Å². The molecule has 0 saturated carbocycles. The first-order valence-corrected chi connectivity index (χ1v) is 7.39. The Bertz CT molecular complexity index is 763. The van der Waals surface area contributed by atoms with Crippen molar-refractivity contribution in [2.24, 2.45) is 0 Å². The molecular formula is C17H18N2O5. The minimum Gasteiger partial charge on any atom is -0.466 e. The summed E-state index contributed by atoms with van der Waals surface area (Å²) in [5.41, 5.74) is 1.47. The fraction of sp³-hybridized carbons (Fsp3) is 0.235. The van der Waals surface area contributed by atoms with E-state index in [1.807, 2.05) is 24.3 Å². The number of hydrogen-bond donors (Lipinski definition) is 2. The highest BCUT2D eigenvalue weighted by molar-refractivity contribution is 6.06. The van der Waals surface area contributed by atoms with E-state index >= 15 is 0 Å². The fourth-order valence-electron chi connectivity index (χ4n) is 2.05. The molecule has 24 heavy (non-hydrogen) atoms. The van der Waals surface area contributed by atoms with Crippen LogP contribution in [0.1, 0.15) is 16.8 Å². The van der Waals surface area contributed by atoms with Crippen molar-refractivity contribution in [3.05, 3.63) is 48.2 Å². The maximum absolute atomic E-state index is 12.1. The number of esters is 2. The van der Waals surface area contributed by atoms with Crippen molar-refractivity contribution in [1.29, 1.82) is 0 Å². The Hall–Kier alpha value is -3.09. The molecule has 0 radical (unpaired) electrons. The minimum atomic E-state index is -0.636. The molecule has 0 unspecified atom stereocenters. The number of methoxy groups -OCH3 is 1. The molecule has 7 nitrogen and oxygen atoms in total. The topological polar surface area (TPSA) is 97.5 Å². The van der Waals surface area contributed by atoms with E-state index in [-0.39, 0.29) is 12.5 Å². The molecule has 1 amide bonds. The van der Waals surface area contributed by atoms with Crippen LogP contribution in [0.25, 0.3) is 10.9 Å². The zero-order valence-electron chi connectivity index (χ0n) is 13.2. The largest absolute Gasteiger partial charge is 0.466 e. The first kappa shape index (κ1) is 17.3.